The maximum absolute atomic E-state index is 11.6. The SMILES string of the molecule is Cc1cccc(NC(=O)O[C@H]2CCCNC2)c1. The summed E-state index contributed by atoms with van der Waals surface area (Å²) in [6.07, 6.45) is 1.62. The van der Waals surface area contributed by atoms with Crippen LogP contribution in [0.15, 0.2) is 24.3 Å². The third-order valence-electron chi connectivity index (χ3n) is 2.79. The van der Waals surface area contributed by atoms with Gasteiger partial charge in [0.1, 0.15) is 6.10 Å². The molecule has 1 amide bonds. The molecular formula is C13H18N2O2. The molecule has 0 aromatic heterocycles. The molecule has 0 aliphatic carbocycles. The van der Waals surface area contributed by atoms with E-state index in [1.165, 1.54) is 0 Å². The normalized spacial score (nSPS) is 19.7. The number of carbonyl (C=O) groups is 1. The van der Waals surface area contributed by atoms with Crippen molar-refractivity contribution in [2.24, 2.45) is 0 Å². The first-order chi connectivity index (χ1) is 8.24. The van der Waals surface area contributed by atoms with Crippen LogP contribution < -0.4 is 10.6 Å². The summed E-state index contributed by atoms with van der Waals surface area (Å²) in [6.45, 7) is 3.75. The fraction of sp³-hybridized carbons (Fsp3) is 0.462. The molecule has 1 aliphatic rings. The summed E-state index contributed by atoms with van der Waals surface area (Å²) in [5, 5.41) is 5.95. The molecule has 4 nitrogen and oxygen atoms in total. The highest BCUT2D eigenvalue weighted by atomic mass is 16.6. The van der Waals surface area contributed by atoms with Crippen molar-refractivity contribution in [1.82, 2.24) is 5.32 Å². The minimum atomic E-state index is -0.371. The number of hydrogen-bond acceptors (Lipinski definition) is 3. The minimum Gasteiger partial charge on any atom is -0.445 e. The molecule has 1 fully saturated rings. The molecular weight excluding hydrogens is 216 g/mol. The van der Waals surface area contributed by atoms with Crippen molar-refractivity contribution >= 4 is 11.8 Å². The van der Waals surface area contributed by atoms with Crippen LogP contribution in [0.5, 0.6) is 0 Å². The second-order valence-corrected chi connectivity index (χ2v) is 4.37. The van der Waals surface area contributed by atoms with Crippen molar-refractivity contribution in [1.29, 1.82) is 0 Å². The average molecular weight is 234 g/mol. The molecule has 4 heteroatoms. The smallest absolute Gasteiger partial charge is 0.411 e. The number of nitrogens with one attached hydrogen (secondary N) is 2. The van der Waals surface area contributed by atoms with Gasteiger partial charge in [-0.3, -0.25) is 5.32 Å². The highest BCUT2D eigenvalue weighted by molar-refractivity contribution is 5.84. The molecule has 1 aromatic carbocycles. The van der Waals surface area contributed by atoms with Gasteiger partial charge in [-0.15, -0.1) is 0 Å². The van der Waals surface area contributed by atoms with Crippen molar-refractivity contribution in [3.05, 3.63) is 29.8 Å². The van der Waals surface area contributed by atoms with Crippen LogP contribution in [0.2, 0.25) is 0 Å². The Balaban J connectivity index is 1.84. The van der Waals surface area contributed by atoms with E-state index < -0.39 is 0 Å². The van der Waals surface area contributed by atoms with Gasteiger partial charge in [0.25, 0.3) is 0 Å². The molecule has 0 bridgehead atoms. The van der Waals surface area contributed by atoms with Gasteiger partial charge in [0.15, 0.2) is 0 Å². The van der Waals surface area contributed by atoms with E-state index in [1.807, 2.05) is 31.2 Å². The van der Waals surface area contributed by atoms with Crippen LogP contribution in [0, 0.1) is 6.92 Å². The van der Waals surface area contributed by atoms with Crippen molar-refractivity contribution in [3.8, 4) is 0 Å². The van der Waals surface area contributed by atoms with Crippen molar-refractivity contribution in [2.45, 2.75) is 25.9 Å². The number of benzene rings is 1. The molecule has 17 heavy (non-hydrogen) atoms. The molecule has 1 aliphatic heterocycles. The summed E-state index contributed by atoms with van der Waals surface area (Å²) in [7, 11) is 0. The molecule has 0 spiro atoms. The van der Waals surface area contributed by atoms with E-state index in [0.717, 1.165) is 37.2 Å². The van der Waals surface area contributed by atoms with E-state index in [2.05, 4.69) is 10.6 Å². The van der Waals surface area contributed by atoms with E-state index in [4.69, 9.17) is 4.74 Å². The molecule has 92 valence electrons. The Labute approximate surface area is 101 Å². The van der Waals surface area contributed by atoms with Gasteiger partial charge in [-0.2, -0.15) is 0 Å². The quantitative estimate of drug-likeness (QED) is 0.825. The summed E-state index contributed by atoms with van der Waals surface area (Å²) in [5.41, 5.74) is 1.89. The van der Waals surface area contributed by atoms with Gasteiger partial charge in [0, 0.05) is 12.2 Å². The Kier molecular flexibility index (Phi) is 3.98. The number of aryl methyl sites for hydroxylation is 1. The van der Waals surface area contributed by atoms with E-state index in [0.29, 0.717) is 0 Å². The van der Waals surface area contributed by atoms with Gasteiger partial charge < -0.3 is 10.1 Å². The minimum absolute atomic E-state index is 0.00596. The van der Waals surface area contributed by atoms with E-state index in [1.54, 1.807) is 0 Å². The van der Waals surface area contributed by atoms with Crippen molar-refractivity contribution < 1.29 is 9.53 Å². The fourth-order valence-electron chi connectivity index (χ4n) is 1.94. The molecule has 2 rings (SSSR count). The third kappa shape index (κ3) is 3.75. The second-order valence-electron chi connectivity index (χ2n) is 4.37. The maximum Gasteiger partial charge on any atom is 0.411 e. The second kappa shape index (κ2) is 5.68. The first-order valence-corrected chi connectivity index (χ1v) is 5.99. The largest absolute Gasteiger partial charge is 0.445 e. The first kappa shape index (κ1) is 11.9. The molecule has 2 N–H and O–H groups in total. The van der Waals surface area contributed by atoms with Gasteiger partial charge in [-0.05, 0) is 44.0 Å². The Bertz CT molecular complexity index is 387. The summed E-state index contributed by atoms with van der Waals surface area (Å²) in [4.78, 5) is 11.6. The Hall–Kier alpha value is -1.55. The zero-order valence-corrected chi connectivity index (χ0v) is 10.0. The van der Waals surface area contributed by atoms with Gasteiger partial charge in [0.2, 0.25) is 0 Å². The average Bonchev–Trinajstić information content (AvgIpc) is 2.30. The third-order valence-corrected chi connectivity index (χ3v) is 2.79. The summed E-state index contributed by atoms with van der Waals surface area (Å²) in [5.74, 6) is 0. The molecule has 0 unspecified atom stereocenters. The van der Waals surface area contributed by atoms with Gasteiger partial charge >= 0.3 is 6.09 Å². The topological polar surface area (TPSA) is 50.4 Å². The van der Waals surface area contributed by atoms with E-state index in [-0.39, 0.29) is 12.2 Å². The maximum atomic E-state index is 11.6. The van der Waals surface area contributed by atoms with Gasteiger partial charge in [-0.1, -0.05) is 12.1 Å². The molecule has 1 heterocycles. The predicted octanol–water partition coefficient (Wildman–Crippen LogP) is 2.30. The van der Waals surface area contributed by atoms with Crippen molar-refractivity contribution in [2.75, 3.05) is 18.4 Å². The van der Waals surface area contributed by atoms with E-state index in [9.17, 15) is 4.79 Å². The lowest BCUT2D eigenvalue weighted by Crippen LogP contribution is -2.37. The van der Waals surface area contributed by atoms with E-state index >= 15 is 0 Å². The summed E-state index contributed by atoms with van der Waals surface area (Å²) in [6, 6.07) is 7.67. The number of amides is 1. The van der Waals surface area contributed by atoms with Crippen LogP contribution in [0.4, 0.5) is 10.5 Å². The van der Waals surface area contributed by atoms with Gasteiger partial charge in [0.05, 0.1) is 0 Å². The number of carbonyl (C=O) groups excluding carboxylic acids is 1. The molecule has 0 saturated carbocycles. The number of piperidine rings is 1. The first-order valence-electron chi connectivity index (χ1n) is 5.99. The van der Waals surface area contributed by atoms with Crippen LogP contribution in [0.3, 0.4) is 0 Å². The standard InChI is InChI=1S/C13H18N2O2/c1-10-4-2-5-11(8-10)15-13(16)17-12-6-3-7-14-9-12/h2,4-5,8,12,14H,3,6-7,9H2,1H3,(H,15,16)/t12-/m0/s1. The zero-order valence-electron chi connectivity index (χ0n) is 10.0. The van der Waals surface area contributed by atoms with Gasteiger partial charge in [-0.25, -0.2) is 4.79 Å². The number of hydrogen-bond donors (Lipinski definition) is 2. The molecule has 0 radical (unpaired) electrons. The number of rotatable bonds is 2. The zero-order chi connectivity index (χ0) is 12.1. The highest BCUT2D eigenvalue weighted by Gasteiger charge is 2.17. The molecule has 1 atom stereocenters. The fourth-order valence-corrected chi connectivity index (χ4v) is 1.94. The van der Waals surface area contributed by atoms with Crippen LogP contribution in [-0.2, 0) is 4.74 Å². The lowest BCUT2D eigenvalue weighted by Gasteiger charge is -2.22. The lowest BCUT2D eigenvalue weighted by atomic mass is 10.1. The number of ether oxygens (including phenoxy) is 1. The Morgan fingerprint density at radius 2 is 2.41 bits per heavy atom. The Morgan fingerprint density at radius 3 is 3.12 bits per heavy atom. The lowest BCUT2D eigenvalue weighted by molar-refractivity contribution is 0.0941. The predicted molar refractivity (Wildman–Crippen MR) is 67.2 cm³/mol. The molecule has 1 aromatic rings. The number of anilines is 1. The van der Waals surface area contributed by atoms with Crippen LogP contribution in [0.25, 0.3) is 0 Å². The Morgan fingerprint density at radius 1 is 1.53 bits per heavy atom. The highest BCUT2D eigenvalue weighted by Crippen LogP contribution is 2.11. The molecule has 1 saturated heterocycles. The van der Waals surface area contributed by atoms with Crippen molar-refractivity contribution in [3.63, 3.8) is 0 Å². The monoisotopic (exact) mass is 234 g/mol. The summed E-state index contributed by atoms with van der Waals surface area (Å²) < 4.78 is 5.32. The van der Waals surface area contributed by atoms with Crippen LogP contribution in [-0.4, -0.2) is 25.3 Å². The van der Waals surface area contributed by atoms with Crippen LogP contribution >= 0.6 is 0 Å². The summed E-state index contributed by atoms with van der Waals surface area (Å²) >= 11 is 0. The van der Waals surface area contributed by atoms with Crippen LogP contribution in [0.1, 0.15) is 18.4 Å².